The van der Waals surface area contributed by atoms with Crippen LogP contribution in [0.2, 0.25) is 0 Å². The van der Waals surface area contributed by atoms with Crippen molar-refractivity contribution >= 4 is 17.3 Å². The first-order chi connectivity index (χ1) is 10.3. The Morgan fingerprint density at radius 3 is 2.55 bits per heavy atom. The molecule has 0 bridgehead atoms. The van der Waals surface area contributed by atoms with Crippen LogP contribution in [0.1, 0.15) is 25.8 Å². The molecule has 0 aromatic heterocycles. The van der Waals surface area contributed by atoms with E-state index >= 15 is 0 Å². The second kappa shape index (κ2) is 6.87. The molecule has 1 saturated heterocycles. The van der Waals surface area contributed by atoms with Gasteiger partial charge in [-0.2, -0.15) is 0 Å². The molecule has 1 fully saturated rings. The van der Waals surface area contributed by atoms with E-state index in [9.17, 15) is 14.9 Å². The minimum atomic E-state index is -0.431. The molecule has 1 unspecified atom stereocenters. The fourth-order valence-electron chi connectivity index (χ4n) is 3.39. The summed E-state index contributed by atoms with van der Waals surface area (Å²) in [6, 6.07) is 4.50. The third-order valence-electron chi connectivity index (χ3n) is 4.18. The van der Waals surface area contributed by atoms with Gasteiger partial charge in [0.05, 0.1) is 18.0 Å². The summed E-state index contributed by atoms with van der Waals surface area (Å²) in [5.41, 5.74) is 1.39. The number of hydrogen-bond donors (Lipinski definition) is 2. The number of hydrogen-bond acceptors (Lipinski definition) is 3. The quantitative estimate of drug-likeness (QED) is 0.652. The van der Waals surface area contributed by atoms with Crippen molar-refractivity contribution in [1.82, 2.24) is 0 Å². The summed E-state index contributed by atoms with van der Waals surface area (Å²) in [6.45, 7) is 8.72. The monoisotopic (exact) mass is 306 g/mol. The number of carbonyl (C=O) groups is 1. The Balaban J connectivity index is 1.96. The Labute approximate surface area is 130 Å². The molecule has 0 saturated carbocycles. The first-order valence-corrected chi connectivity index (χ1v) is 7.73. The maximum atomic E-state index is 12.2. The molecule has 0 spiro atoms. The van der Waals surface area contributed by atoms with Crippen molar-refractivity contribution in [3.8, 4) is 0 Å². The molecule has 1 aromatic carbocycles. The second-order valence-electron chi connectivity index (χ2n) is 6.59. The maximum absolute atomic E-state index is 12.2. The van der Waals surface area contributed by atoms with Crippen molar-refractivity contribution in [3.63, 3.8) is 0 Å². The number of anilines is 1. The summed E-state index contributed by atoms with van der Waals surface area (Å²) in [6.07, 6.45) is 1.23. The minimum absolute atomic E-state index is 0.0340. The van der Waals surface area contributed by atoms with Crippen LogP contribution < -0.4 is 10.2 Å². The Kier molecular flexibility index (Phi) is 5.13. The van der Waals surface area contributed by atoms with Crippen LogP contribution in [-0.4, -0.2) is 30.5 Å². The Hall–Kier alpha value is -1.95. The van der Waals surface area contributed by atoms with Crippen molar-refractivity contribution in [2.75, 3.05) is 25.0 Å². The van der Waals surface area contributed by atoms with Crippen molar-refractivity contribution < 1.29 is 14.6 Å². The summed E-state index contributed by atoms with van der Waals surface area (Å²) >= 11 is 0. The topological polar surface area (TPSA) is 76.7 Å². The van der Waals surface area contributed by atoms with E-state index in [1.54, 1.807) is 13.0 Å². The molecular weight excluding hydrogens is 282 g/mol. The van der Waals surface area contributed by atoms with Gasteiger partial charge in [0, 0.05) is 29.7 Å². The van der Waals surface area contributed by atoms with Crippen LogP contribution in [0.15, 0.2) is 18.2 Å². The molecule has 1 aliphatic heterocycles. The van der Waals surface area contributed by atoms with Gasteiger partial charge in [-0.1, -0.05) is 13.8 Å². The average molecular weight is 306 g/mol. The molecule has 6 nitrogen and oxygen atoms in total. The van der Waals surface area contributed by atoms with Crippen molar-refractivity contribution in [3.05, 3.63) is 33.9 Å². The maximum Gasteiger partial charge on any atom is 0.279 e. The lowest BCUT2D eigenvalue weighted by atomic mass is 9.92. The molecule has 6 heteroatoms. The number of carbonyl (C=O) groups excluding carboxylic acids is 1. The number of benzene rings is 1. The van der Waals surface area contributed by atoms with Gasteiger partial charge >= 0.3 is 0 Å². The zero-order chi connectivity index (χ0) is 16.3. The average Bonchev–Trinajstić information content (AvgIpc) is 2.39. The first kappa shape index (κ1) is 16.4. The van der Waals surface area contributed by atoms with Gasteiger partial charge in [-0.3, -0.25) is 14.9 Å². The summed E-state index contributed by atoms with van der Waals surface area (Å²) in [5.74, 6) is 1.26. The highest BCUT2D eigenvalue weighted by atomic mass is 16.6. The molecule has 1 heterocycles. The van der Waals surface area contributed by atoms with Crippen molar-refractivity contribution in [1.29, 1.82) is 0 Å². The fourth-order valence-corrected chi connectivity index (χ4v) is 3.39. The number of rotatable bonds is 4. The van der Waals surface area contributed by atoms with Gasteiger partial charge in [-0.15, -0.1) is 0 Å². The van der Waals surface area contributed by atoms with Crippen LogP contribution in [-0.2, 0) is 4.79 Å². The number of quaternary nitrogens is 1. The van der Waals surface area contributed by atoms with E-state index in [1.807, 2.05) is 0 Å². The van der Waals surface area contributed by atoms with Crippen LogP contribution in [0.3, 0.4) is 0 Å². The molecule has 22 heavy (non-hydrogen) atoms. The predicted octanol–water partition coefficient (Wildman–Crippen LogP) is 1.40. The zero-order valence-electron chi connectivity index (χ0n) is 13.4. The molecular formula is C16H24N3O3+. The lowest BCUT2D eigenvalue weighted by molar-refractivity contribution is -0.904. The molecule has 0 radical (unpaired) electrons. The van der Waals surface area contributed by atoms with Crippen LogP contribution >= 0.6 is 0 Å². The Bertz CT molecular complexity index is 564. The number of aryl methyl sites for hydroxylation is 1. The lowest BCUT2D eigenvalue weighted by Gasteiger charge is -2.31. The lowest BCUT2D eigenvalue weighted by Crippen LogP contribution is -3.15. The highest BCUT2D eigenvalue weighted by molar-refractivity contribution is 5.92. The predicted molar refractivity (Wildman–Crippen MR) is 85.0 cm³/mol. The van der Waals surface area contributed by atoms with E-state index in [0.29, 0.717) is 29.6 Å². The Morgan fingerprint density at radius 2 is 2.00 bits per heavy atom. The molecule has 2 N–H and O–H groups in total. The number of likely N-dealkylation sites (tertiary alicyclic amines) is 1. The molecule has 1 amide bonds. The van der Waals surface area contributed by atoms with Crippen molar-refractivity contribution in [2.45, 2.75) is 27.2 Å². The van der Waals surface area contributed by atoms with Crippen LogP contribution in [0.5, 0.6) is 0 Å². The molecule has 3 atom stereocenters. The fraction of sp³-hybridized carbons (Fsp3) is 0.562. The van der Waals surface area contributed by atoms with E-state index in [4.69, 9.17) is 0 Å². The highest BCUT2D eigenvalue weighted by Gasteiger charge is 2.26. The number of amides is 1. The van der Waals surface area contributed by atoms with Gasteiger partial charge in [-0.25, -0.2) is 0 Å². The van der Waals surface area contributed by atoms with E-state index < -0.39 is 4.92 Å². The standard InChI is InChI=1S/C16H23N3O3/c1-11-6-12(2)9-18(8-11)10-16(20)17-15-5-4-14(19(21)22)7-13(15)3/h4-5,7,11-12H,6,8-10H2,1-3H3,(H,17,20)/p+1/t11-,12+. The number of nitro groups is 1. The molecule has 2 rings (SSSR count). The normalized spacial score (nSPS) is 24.8. The number of piperidine rings is 1. The number of nitrogens with one attached hydrogen (secondary N) is 2. The van der Waals surface area contributed by atoms with Crippen LogP contribution in [0, 0.1) is 28.9 Å². The SMILES string of the molecule is Cc1cc([N+](=O)[O-])ccc1NC(=O)C[NH+]1C[C@H](C)C[C@H](C)C1. The molecule has 1 aliphatic rings. The van der Waals surface area contributed by atoms with Gasteiger partial charge in [0.2, 0.25) is 0 Å². The van der Waals surface area contributed by atoms with Gasteiger partial charge in [0.15, 0.2) is 6.54 Å². The molecule has 1 aromatic rings. The smallest absolute Gasteiger partial charge is 0.279 e. The van der Waals surface area contributed by atoms with Gasteiger partial charge in [0.1, 0.15) is 0 Å². The second-order valence-corrected chi connectivity index (χ2v) is 6.59. The van der Waals surface area contributed by atoms with Gasteiger partial charge in [-0.05, 0) is 25.0 Å². The summed E-state index contributed by atoms with van der Waals surface area (Å²) in [4.78, 5) is 23.8. The van der Waals surface area contributed by atoms with Crippen molar-refractivity contribution in [2.24, 2.45) is 11.8 Å². The minimum Gasteiger partial charge on any atom is -0.327 e. The van der Waals surface area contributed by atoms with E-state index in [0.717, 1.165) is 13.1 Å². The number of non-ortho nitro benzene ring substituents is 1. The van der Waals surface area contributed by atoms with Gasteiger partial charge in [0.25, 0.3) is 11.6 Å². The first-order valence-electron chi connectivity index (χ1n) is 7.73. The molecule has 0 aliphatic carbocycles. The van der Waals surface area contributed by atoms with E-state index in [1.165, 1.54) is 23.5 Å². The third kappa shape index (κ3) is 4.27. The Morgan fingerprint density at radius 1 is 1.36 bits per heavy atom. The highest BCUT2D eigenvalue weighted by Crippen LogP contribution is 2.21. The van der Waals surface area contributed by atoms with E-state index in [-0.39, 0.29) is 11.6 Å². The van der Waals surface area contributed by atoms with Crippen LogP contribution in [0.25, 0.3) is 0 Å². The van der Waals surface area contributed by atoms with Crippen LogP contribution in [0.4, 0.5) is 11.4 Å². The third-order valence-corrected chi connectivity index (χ3v) is 4.18. The van der Waals surface area contributed by atoms with E-state index in [2.05, 4.69) is 19.2 Å². The van der Waals surface area contributed by atoms with Gasteiger partial charge < -0.3 is 10.2 Å². The largest absolute Gasteiger partial charge is 0.327 e. The number of nitrogens with zero attached hydrogens (tertiary/aromatic N) is 1. The number of nitro benzene ring substituents is 1. The summed E-state index contributed by atoms with van der Waals surface area (Å²) in [5, 5.41) is 13.6. The molecule has 120 valence electrons. The zero-order valence-corrected chi connectivity index (χ0v) is 13.4. The summed E-state index contributed by atoms with van der Waals surface area (Å²) in [7, 11) is 0. The summed E-state index contributed by atoms with van der Waals surface area (Å²) < 4.78 is 0.